The number of piperazine rings is 1. The Bertz CT molecular complexity index is 993. The lowest BCUT2D eigenvalue weighted by molar-refractivity contribution is 0.0632. The van der Waals surface area contributed by atoms with Crippen molar-refractivity contribution in [2.45, 2.75) is 37.5 Å². The molecule has 6 heteroatoms. The molecular weight excluding hydrogens is 404 g/mol. The number of amides is 1. The SMILES string of the molecule is Cc1cc(C(=O)N2CCN(CC3CC3)CC2)ccc1NSc1cccc2c1N=CCC2. The van der Waals surface area contributed by atoms with Gasteiger partial charge in [-0.1, -0.05) is 12.1 Å². The fourth-order valence-corrected chi connectivity index (χ4v) is 5.25. The molecule has 2 heterocycles. The lowest BCUT2D eigenvalue weighted by Gasteiger charge is -2.35. The number of carbonyl (C=O) groups excluding carboxylic acids is 1. The van der Waals surface area contributed by atoms with Gasteiger partial charge in [-0.3, -0.25) is 14.7 Å². The van der Waals surface area contributed by atoms with Crippen LogP contribution in [0.2, 0.25) is 0 Å². The van der Waals surface area contributed by atoms with Gasteiger partial charge in [0.2, 0.25) is 0 Å². The summed E-state index contributed by atoms with van der Waals surface area (Å²) in [4.78, 5) is 23.3. The van der Waals surface area contributed by atoms with Gasteiger partial charge in [-0.05, 0) is 85.9 Å². The van der Waals surface area contributed by atoms with Crippen LogP contribution in [0.5, 0.6) is 0 Å². The number of aliphatic imine (C=N–C) groups is 1. The summed E-state index contributed by atoms with van der Waals surface area (Å²) in [5, 5.41) is 0. The first-order valence-corrected chi connectivity index (χ1v) is 12.2. The lowest BCUT2D eigenvalue weighted by Crippen LogP contribution is -2.49. The molecule has 1 amide bonds. The predicted octanol–water partition coefficient (Wildman–Crippen LogP) is 4.93. The molecule has 0 radical (unpaired) electrons. The van der Waals surface area contributed by atoms with Gasteiger partial charge < -0.3 is 9.62 Å². The average Bonchev–Trinajstić information content (AvgIpc) is 3.62. The monoisotopic (exact) mass is 434 g/mol. The van der Waals surface area contributed by atoms with E-state index in [2.05, 4.69) is 39.7 Å². The first-order chi connectivity index (χ1) is 15.2. The van der Waals surface area contributed by atoms with Gasteiger partial charge in [0.15, 0.2) is 0 Å². The van der Waals surface area contributed by atoms with Crippen molar-refractivity contribution in [1.29, 1.82) is 0 Å². The Balaban J connectivity index is 1.20. The van der Waals surface area contributed by atoms with Gasteiger partial charge >= 0.3 is 0 Å². The van der Waals surface area contributed by atoms with Gasteiger partial charge in [0.05, 0.1) is 10.6 Å². The zero-order valence-electron chi connectivity index (χ0n) is 18.1. The van der Waals surface area contributed by atoms with Crippen molar-refractivity contribution in [3.8, 4) is 0 Å². The third-order valence-corrected chi connectivity index (χ3v) is 7.33. The molecular formula is C25H30N4OS. The highest BCUT2D eigenvalue weighted by atomic mass is 32.2. The maximum atomic E-state index is 13.0. The number of para-hydroxylation sites is 1. The molecule has 31 heavy (non-hydrogen) atoms. The summed E-state index contributed by atoms with van der Waals surface area (Å²) in [7, 11) is 0. The topological polar surface area (TPSA) is 47.9 Å². The molecule has 1 aliphatic carbocycles. The van der Waals surface area contributed by atoms with Gasteiger partial charge in [0, 0.05) is 50.2 Å². The van der Waals surface area contributed by atoms with Crippen molar-refractivity contribution in [3.63, 3.8) is 0 Å². The summed E-state index contributed by atoms with van der Waals surface area (Å²) in [5.74, 6) is 1.07. The van der Waals surface area contributed by atoms with E-state index in [1.54, 1.807) is 11.9 Å². The lowest BCUT2D eigenvalue weighted by atomic mass is 10.1. The van der Waals surface area contributed by atoms with Gasteiger partial charge in [-0.25, -0.2) is 0 Å². The van der Waals surface area contributed by atoms with E-state index in [-0.39, 0.29) is 5.91 Å². The predicted molar refractivity (Wildman–Crippen MR) is 129 cm³/mol. The molecule has 2 aromatic rings. The van der Waals surface area contributed by atoms with Crippen LogP contribution in [0.4, 0.5) is 11.4 Å². The molecule has 1 saturated heterocycles. The molecule has 0 bridgehead atoms. The van der Waals surface area contributed by atoms with E-state index >= 15 is 0 Å². The second-order valence-corrected chi connectivity index (χ2v) is 9.73. The third kappa shape index (κ3) is 4.80. The first kappa shape index (κ1) is 20.6. The molecule has 2 fully saturated rings. The Morgan fingerprint density at radius 3 is 2.77 bits per heavy atom. The number of nitrogens with one attached hydrogen (secondary N) is 1. The van der Waals surface area contributed by atoms with Crippen molar-refractivity contribution in [2.24, 2.45) is 10.9 Å². The second-order valence-electron chi connectivity index (χ2n) is 8.88. The van der Waals surface area contributed by atoms with Crippen LogP contribution in [-0.4, -0.2) is 54.6 Å². The summed E-state index contributed by atoms with van der Waals surface area (Å²) < 4.78 is 3.47. The second kappa shape index (κ2) is 9.05. The van der Waals surface area contributed by atoms with E-state index in [4.69, 9.17) is 0 Å². The molecule has 1 N–H and O–H groups in total. The number of rotatable bonds is 6. The minimum absolute atomic E-state index is 0.153. The van der Waals surface area contributed by atoms with Crippen LogP contribution in [-0.2, 0) is 6.42 Å². The molecule has 5 rings (SSSR count). The largest absolute Gasteiger partial charge is 0.336 e. The summed E-state index contributed by atoms with van der Waals surface area (Å²) in [6.45, 7) is 6.95. The number of nitrogens with zero attached hydrogens (tertiary/aromatic N) is 3. The highest BCUT2D eigenvalue weighted by molar-refractivity contribution is 8.00. The van der Waals surface area contributed by atoms with E-state index in [0.29, 0.717) is 0 Å². The summed E-state index contributed by atoms with van der Waals surface area (Å²) in [6, 6.07) is 12.4. The fraction of sp³-hybridized carbons (Fsp3) is 0.440. The van der Waals surface area contributed by atoms with Crippen molar-refractivity contribution in [1.82, 2.24) is 9.80 Å². The van der Waals surface area contributed by atoms with Crippen molar-refractivity contribution >= 4 is 35.4 Å². The third-order valence-electron chi connectivity index (χ3n) is 6.46. The zero-order valence-corrected chi connectivity index (χ0v) is 19.0. The minimum Gasteiger partial charge on any atom is -0.336 e. The maximum absolute atomic E-state index is 13.0. The van der Waals surface area contributed by atoms with Crippen LogP contribution in [0.15, 0.2) is 46.3 Å². The summed E-state index contributed by atoms with van der Waals surface area (Å²) in [6.07, 6.45) is 6.84. The van der Waals surface area contributed by atoms with Gasteiger partial charge in [-0.15, -0.1) is 0 Å². The number of benzene rings is 2. The molecule has 5 nitrogen and oxygen atoms in total. The molecule has 0 unspecified atom stereocenters. The Morgan fingerprint density at radius 1 is 1.16 bits per heavy atom. The smallest absolute Gasteiger partial charge is 0.253 e. The van der Waals surface area contributed by atoms with E-state index in [9.17, 15) is 4.79 Å². The molecule has 1 saturated carbocycles. The highest BCUT2D eigenvalue weighted by Crippen LogP contribution is 2.36. The summed E-state index contributed by atoms with van der Waals surface area (Å²) in [5.41, 5.74) is 5.29. The molecule has 2 aliphatic heterocycles. The number of hydrogen-bond donors (Lipinski definition) is 1. The Hall–Kier alpha value is -2.31. The van der Waals surface area contributed by atoms with Gasteiger partial charge in [0.25, 0.3) is 5.91 Å². The Kier molecular flexibility index (Phi) is 6.01. The van der Waals surface area contributed by atoms with Crippen LogP contribution in [0.25, 0.3) is 0 Å². The van der Waals surface area contributed by atoms with Crippen molar-refractivity contribution in [2.75, 3.05) is 37.4 Å². The van der Waals surface area contributed by atoms with Crippen LogP contribution < -0.4 is 4.72 Å². The van der Waals surface area contributed by atoms with Crippen LogP contribution in [0.3, 0.4) is 0 Å². The van der Waals surface area contributed by atoms with E-state index in [1.165, 1.54) is 24.9 Å². The van der Waals surface area contributed by atoms with Crippen LogP contribution in [0, 0.1) is 12.8 Å². The van der Waals surface area contributed by atoms with Crippen LogP contribution in [0.1, 0.15) is 40.7 Å². The number of fused-ring (bicyclic) bond motifs is 1. The van der Waals surface area contributed by atoms with Gasteiger partial charge in [-0.2, -0.15) is 0 Å². The van der Waals surface area contributed by atoms with E-state index in [1.807, 2.05) is 29.3 Å². The van der Waals surface area contributed by atoms with Gasteiger partial charge in [0.1, 0.15) is 0 Å². The molecule has 0 atom stereocenters. The number of hydrogen-bond acceptors (Lipinski definition) is 5. The zero-order chi connectivity index (χ0) is 21.2. The van der Waals surface area contributed by atoms with Crippen molar-refractivity contribution in [3.05, 3.63) is 53.1 Å². The Morgan fingerprint density at radius 2 is 2.00 bits per heavy atom. The Labute approximate surface area is 189 Å². The quantitative estimate of drug-likeness (QED) is 0.655. The first-order valence-electron chi connectivity index (χ1n) is 11.4. The number of aryl methyl sites for hydroxylation is 2. The summed E-state index contributed by atoms with van der Waals surface area (Å²) >= 11 is 1.59. The number of anilines is 1. The fourth-order valence-electron chi connectivity index (χ4n) is 4.38. The average molecular weight is 435 g/mol. The molecule has 2 aromatic carbocycles. The van der Waals surface area contributed by atoms with Crippen LogP contribution >= 0.6 is 11.9 Å². The standard InChI is InChI=1S/C25H30N4OS/c1-18-16-21(25(30)29-14-12-28(13-15-29)17-19-7-8-19)9-10-22(18)27-31-23-6-2-4-20-5-3-11-26-24(20)23/h2,4,6,9-11,16,19,27H,3,5,7-8,12-15,17H2,1H3. The molecule has 3 aliphatic rings. The van der Waals surface area contributed by atoms with E-state index in [0.717, 1.165) is 72.3 Å². The normalized spacial score (nSPS) is 18.7. The maximum Gasteiger partial charge on any atom is 0.253 e. The minimum atomic E-state index is 0.153. The molecule has 0 spiro atoms. The highest BCUT2D eigenvalue weighted by Gasteiger charge is 2.28. The number of carbonyl (C=O) groups is 1. The van der Waals surface area contributed by atoms with E-state index < -0.39 is 0 Å². The van der Waals surface area contributed by atoms with Crippen molar-refractivity contribution < 1.29 is 4.79 Å². The molecule has 162 valence electrons. The molecule has 0 aromatic heterocycles.